The molecule has 0 unspecified atom stereocenters. The fraction of sp³-hybridized carbons (Fsp3) is 0.308. The van der Waals surface area contributed by atoms with Crippen LogP contribution in [0.5, 0.6) is 5.75 Å². The average molecular weight is 203 g/mol. The molecule has 0 aliphatic rings. The lowest BCUT2D eigenvalue weighted by Crippen LogP contribution is -1.97. The molecule has 2 nitrogen and oxygen atoms in total. The molecule has 0 radical (unpaired) electrons. The molecule has 2 heteroatoms. The maximum Gasteiger partial charge on any atom is 0.119 e. The van der Waals surface area contributed by atoms with Gasteiger partial charge in [-0.3, -0.25) is 0 Å². The Morgan fingerprint density at radius 1 is 1.40 bits per heavy atom. The van der Waals surface area contributed by atoms with Crippen LogP contribution in [0.2, 0.25) is 0 Å². The van der Waals surface area contributed by atoms with Crippen LogP contribution in [0.3, 0.4) is 0 Å². The van der Waals surface area contributed by atoms with Gasteiger partial charge in [0.2, 0.25) is 0 Å². The van der Waals surface area contributed by atoms with Gasteiger partial charge < -0.3 is 10.5 Å². The van der Waals surface area contributed by atoms with E-state index in [-0.39, 0.29) is 0 Å². The molecule has 0 aromatic heterocycles. The lowest BCUT2D eigenvalue weighted by atomic mass is 10.2. The van der Waals surface area contributed by atoms with Crippen molar-refractivity contribution in [2.75, 3.05) is 6.61 Å². The third-order valence-corrected chi connectivity index (χ3v) is 2.12. The van der Waals surface area contributed by atoms with E-state index in [2.05, 4.69) is 19.2 Å². The Kier molecular flexibility index (Phi) is 4.52. The minimum atomic E-state index is 0.565. The van der Waals surface area contributed by atoms with Gasteiger partial charge in [0.1, 0.15) is 5.75 Å². The molecule has 2 N–H and O–H groups in total. The molecule has 0 saturated carbocycles. The Labute approximate surface area is 91.1 Å². The summed E-state index contributed by atoms with van der Waals surface area (Å²) in [7, 11) is 0. The molecule has 0 atom stereocenters. The van der Waals surface area contributed by atoms with Gasteiger partial charge in [-0.2, -0.15) is 0 Å². The normalized spacial score (nSPS) is 9.40. The van der Waals surface area contributed by atoms with Gasteiger partial charge >= 0.3 is 0 Å². The maximum absolute atomic E-state index is 5.67. The minimum Gasteiger partial charge on any atom is -0.494 e. The molecule has 1 rings (SSSR count). The van der Waals surface area contributed by atoms with Crippen LogP contribution in [0.25, 0.3) is 5.70 Å². The van der Waals surface area contributed by atoms with E-state index in [0.29, 0.717) is 5.70 Å². The standard InChI is InChI=1S/C13H17NO/c1-3-5-10-15-12-8-6-11(7-9-12)13(14)4-2/h6-9H,2-3,5,10,14H2,1H3. The van der Waals surface area contributed by atoms with Crippen LogP contribution in [-0.2, 0) is 0 Å². The zero-order valence-corrected chi connectivity index (χ0v) is 9.12. The number of unbranched alkanes of at least 4 members (excludes halogenated alkanes) is 1. The van der Waals surface area contributed by atoms with Gasteiger partial charge in [-0.05, 0) is 30.7 Å². The lowest BCUT2D eigenvalue weighted by molar-refractivity contribution is 0.309. The highest BCUT2D eigenvalue weighted by Gasteiger charge is 1.96. The van der Waals surface area contributed by atoms with Crippen molar-refractivity contribution >= 4 is 5.70 Å². The Bertz CT molecular complexity index is 347. The van der Waals surface area contributed by atoms with Crippen LogP contribution in [0.15, 0.2) is 36.6 Å². The smallest absolute Gasteiger partial charge is 0.119 e. The van der Waals surface area contributed by atoms with E-state index in [1.54, 1.807) is 0 Å². The molecule has 0 heterocycles. The predicted octanol–water partition coefficient (Wildman–Crippen LogP) is 2.95. The number of hydrogen-bond acceptors (Lipinski definition) is 2. The second-order valence-corrected chi connectivity index (χ2v) is 3.32. The summed E-state index contributed by atoms with van der Waals surface area (Å²) in [4.78, 5) is 0. The van der Waals surface area contributed by atoms with Gasteiger partial charge in [0.05, 0.1) is 12.3 Å². The van der Waals surface area contributed by atoms with Gasteiger partial charge in [-0.15, -0.1) is 5.73 Å². The summed E-state index contributed by atoms with van der Waals surface area (Å²) in [5.41, 5.74) is 9.81. The van der Waals surface area contributed by atoms with Crippen LogP contribution in [0.4, 0.5) is 0 Å². The van der Waals surface area contributed by atoms with Gasteiger partial charge in [-0.1, -0.05) is 19.9 Å². The van der Waals surface area contributed by atoms with Crippen LogP contribution in [0.1, 0.15) is 25.3 Å². The lowest BCUT2D eigenvalue weighted by Gasteiger charge is -2.05. The minimum absolute atomic E-state index is 0.565. The highest BCUT2D eigenvalue weighted by atomic mass is 16.5. The number of ether oxygens (including phenoxy) is 1. The molecule has 1 aromatic rings. The summed E-state index contributed by atoms with van der Waals surface area (Å²) in [6, 6.07) is 7.65. The summed E-state index contributed by atoms with van der Waals surface area (Å²) >= 11 is 0. The van der Waals surface area contributed by atoms with E-state index >= 15 is 0 Å². The summed E-state index contributed by atoms with van der Waals surface area (Å²) in [5, 5.41) is 0. The molecule has 0 saturated heterocycles. The van der Waals surface area contributed by atoms with E-state index in [4.69, 9.17) is 10.5 Å². The van der Waals surface area contributed by atoms with E-state index in [0.717, 1.165) is 30.8 Å². The number of hydrogen-bond donors (Lipinski definition) is 1. The highest BCUT2D eigenvalue weighted by Crippen LogP contribution is 2.15. The van der Waals surface area contributed by atoms with Crippen molar-refractivity contribution in [3.63, 3.8) is 0 Å². The van der Waals surface area contributed by atoms with Crippen LogP contribution in [0, 0.1) is 0 Å². The summed E-state index contributed by atoms with van der Waals surface area (Å²) in [6.45, 7) is 6.41. The largest absolute Gasteiger partial charge is 0.494 e. The molecular weight excluding hydrogens is 186 g/mol. The predicted molar refractivity (Wildman–Crippen MR) is 63.6 cm³/mol. The number of benzene rings is 1. The molecule has 0 aliphatic carbocycles. The van der Waals surface area contributed by atoms with Crippen LogP contribution in [-0.4, -0.2) is 6.61 Å². The van der Waals surface area contributed by atoms with Crippen molar-refractivity contribution in [1.29, 1.82) is 0 Å². The van der Waals surface area contributed by atoms with E-state index < -0.39 is 0 Å². The van der Waals surface area contributed by atoms with Crippen LogP contribution >= 0.6 is 0 Å². The molecule has 80 valence electrons. The molecule has 1 aromatic carbocycles. The van der Waals surface area contributed by atoms with E-state index in [9.17, 15) is 0 Å². The first-order chi connectivity index (χ1) is 7.27. The van der Waals surface area contributed by atoms with Gasteiger partial charge in [0, 0.05) is 5.56 Å². The molecule has 0 bridgehead atoms. The van der Waals surface area contributed by atoms with Crippen molar-refractivity contribution in [2.45, 2.75) is 19.8 Å². The first-order valence-electron chi connectivity index (χ1n) is 5.16. The van der Waals surface area contributed by atoms with Crippen molar-refractivity contribution in [3.05, 3.63) is 42.1 Å². The molecule has 0 aliphatic heterocycles. The SMILES string of the molecule is C=C=C(N)c1ccc(OCCCC)cc1. The first-order valence-corrected chi connectivity index (χ1v) is 5.16. The summed E-state index contributed by atoms with van der Waals surface area (Å²) in [5.74, 6) is 0.879. The second-order valence-electron chi connectivity index (χ2n) is 3.32. The monoisotopic (exact) mass is 203 g/mol. The van der Waals surface area contributed by atoms with E-state index in [1.807, 2.05) is 24.3 Å². The van der Waals surface area contributed by atoms with Gasteiger partial charge in [-0.25, -0.2) is 0 Å². The fourth-order valence-corrected chi connectivity index (χ4v) is 1.17. The third kappa shape index (κ3) is 3.53. The fourth-order valence-electron chi connectivity index (χ4n) is 1.17. The first kappa shape index (κ1) is 11.4. The number of rotatable bonds is 5. The van der Waals surface area contributed by atoms with E-state index in [1.165, 1.54) is 0 Å². The van der Waals surface area contributed by atoms with Crippen molar-refractivity contribution in [2.24, 2.45) is 5.73 Å². The third-order valence-electron chi connectivity index (χ3n) is 2.12. The molecule has 0 amide bonds. The number of nitrogens with two attached hydrogens (primary N) is 1. The summed E-state index contributed by atoms with van der Waals surface area (Å²) < 4.78 is 5.53. The Hall–Kier alpha value is -1.66. The zero-order valence-electron chi connectivity index (χ0n) is 9.12. The topological polar surface area (TPSA) is 35.2 Å². The molecular formula is C13H17NO. The van der Waals surface area contributed by atoms with Crippen molar-refractivity contribution < 1.29 is 4.74 Å². The molecule has 0 fully saturated rings. The summed E-state index contributed by atoms with van der Waals surface area (Å²) in [6.07, 6.45) is 2.22. The van der Waals surface area contributed by atoms with Gasteiger partial charge in [0.15, 0.2) is 0 Å². The van der Waals surface area contributed by atoms with Crippen molar-refractivity contribution in [1.82, 2.24) is 0 Å². The Morgan fingerprint density at radius 2 is 2.07 bits per heavy atom. The highest BCUT2D eigenvalue weighted by molar-refractivity contribution is 5.62. The molecule has 15 heavy (non-hydrogen) atoms. The second kappa shape index (κ2) is 5.94. The van der Waals surface area contributed by atoms with Gasteiger partial charge in [0.25, 0.3) is 0 Å². The maximum atomic E-state index is 5.67. The average Bonchev–Trinajstić information content (AvgIpc) is 2.29. The van der Waals surface area contributed by atoms with Crippen molar-refractivity contribution in [3.8, 4) is 5.75 Å². The van der Waals surface area contributed by atoms with Crippen LogP contribution < -0.4 is 10.5 Å². The Balaban J connectivity index is 2.60. The Morgan fingerprint density at radius 3 is 2.60 bits per heavy atom. The quantitative estimate of drug-likeness (QED) is 0.590. The zero-order chi connectivity index (χ0) is 11.1. The molecule has 0 spiro atoms.